The fourth-order valence-corrected chi connectivity index (χ4v) is 2.01. The first-order valence-corrected chi connectivity index (χ1v) is 6.40. The number of nitriles is 1. The van der Waals surface area contributed by atoms with Crippen LogP contribution in [0.5, 0.6) is 0 Å². The number of nitrogens with zero attached hydrogens (tertiary/aromatic N) is 1. The predicted molar refractivity (Wildman–Crippen MR) is 72.6 cm³/mol. The number of rotatable bonds is 4. The molecule has 0 aliphatic carbocycles. The first-order valence-electron chi connectivity index (χ1n) is 6.40. The van der Waals surface area contributed by atoms with E-state index in [0.717, 1.165) is 5.69 Å². The Morgan fingerprint density at radius 3 is 2.67 bits per heavy atom. The van der Waals surface area contributed by atoms with Gasteiger partial charge in [0.05, 0.1) is 19.3 Å². The molecule has 1 heterocycles. The monoisotopic (exact) mass is 244 g/mol. The SMILES string of the molecule is Cc1ccc(C(C)C)cc1NCC1(C#N)COC1. The summed E-state index contributed by atoms with van der Waals surface area (Å²) in [4.78, 5) is 0. The van der Waals surface area contributed by atoms with Crippen molar-refractivity contribution in [2.75, 3.05) is 25.1 Å². The summed E-state index contributed by atoms with van der Waals surface area (Å²) in [6, 6.07) is 8.84. The van der Waals surface area contributed by atoms with Gasteiger partial charge in [-0.05, 0) is 30.0 Å². The number of hydrogen-bond donors (Lipinski definition) is 1. The molecule has 0 spiro atoms. The van der Waals surface area contributed by atoms with Gasteiger partial charge in [-0.15, -0.1) is 0 Å². The maximum Gasteiger partial charge on any atom is 0.121 e. The first-order chi connectivity index (χ1) is 8.56. The molecule has 0 radical (unpaired) electrons. The quantitative estimate of drug-likeness (QED) is 0.885. The summed E-state index contributed by atoms with van der Waals surface area (Å²) < 4.78 is 5.15. The van der Waals surface area contributed by atoms with Gasteiger partial charge in [-0.25, -0.2) is 0 Å². The zero-order chi connectivity index (χ0) is 13.2. The third-order valence-corrected chi connectivity index (χ3v) is 3.54. The number of nitrogens with one attached hydrogen (secondary N) is 1. The van der Waals surface area contributed by atoms with Gasteiger partial charge in [0.1, 0.15) is 5.41 Å². The molecular weight excluding hydrogens is 224 g/mol. The van der Waals surface area contributed by atoms with Crippen LogP contribution in [0.3, 0.4) is 0 Å². The van der Waals surface area contributed by atoms with Crippen LogP contribution < -0.4 is 5.32 Å². The Morgan fingerprint density at radius 1 is 1.44 bits per heavy atom. The average molecular weight is 244 g/mol. The van der Waals surface area contributed by atoms with E-state index in [2.05, 4.69) is 50.4 Å². The normalized spacial score (nSPS) is 17.1. The van der Waals surface area contributed by atoms with E-state index in [1.165, 1.54) is 11.1 Å². The lowest BCUT2D eigenvalue weighted by molar-refractivity contribution is -0.0690. The molecule has 1 aliphatic heterocycles. The Balaban J connectivity index is 2.09. The summed E-state index contributed by atoms with van der Waals surface area (Å²) in [5.41, 5.74) is 3.33. The largest absolute Gasteiger partial charge is 0.383 e. The Hall–Kier alpha value is -1.53. The zero-order valence-corrected chi connectivity index (χ0v) is 11.3. The number of ether oxygens (including phenoxy) is 1. The Bertz CT molecular complexity index is 470. The summed E-state index contributed by atoms with van der Waals surface area (Å²) >= 11 is 0. The van der Waals surface area contributed by atoms with Crippen molar-refractivity contribution in [1.29, 1.82) is 5.26 Å². The molecule has 1 fully saturated rings. The summed E-state index contributed by atoms with van der Waals surface area (Å²) in [6.07, 6.45) is 0. The van der Waals surface area contributed by atoms with E-state index in [1.807, 2.05) is 0 Å². The first kappa shape index (κ1) is 12.9. The van der Waals surface area contributed by atoms with Crippen LogP contribution in [-0.2, 0) is 4.74 Å². The van der Waals surface area contributed by atoms with Crippen molar-refractivity contribution in [3.05, 3.63) is 29.3 Å². The molecule has 18 heavy (non-hydrogen) atoms. The maximum atomic E-state index is 9.16. The molecule has 0 saturated carbocycles. The minimum Gasteiger partial charge on any atom is -0.383 e. The van der Waals surface area contributed by atoms with E-state index in [4.69, 9.17) is 10.00 Å². The fourth-order valence-electron chi connectivity index (χ4n) is 2.01. The van der Waals surface area contributed by atoms with Gasteiger partial charge < -0.3 is 10.1 Å². The van der Waals surface area contributed by atoms with Crippen molar-refractivity contribution >= 4 is 5.69 Å². The Morgan fingerprint density at radius 2 is 2.17 bits per heavy atom. The molecule has 0 unspecified atom stereocenters. The van der Waals surface area contributed by atoms with Gasteiger partial charge in [-0.2, -0.15) is 5.26 Å². The second kappa shape index (κ2) is 4.99. The van der Waals surface area contributed by atoms with Crippen LogP contribution in [0.15, 0.2) is 18.2 Å². The lowest BCUT2D eigenvalue weighted by atomic mass is 9.87. The number of hydrogen-bond acceptors (Lipinski definition) is 3. The van der Waals surface area contributed by atoms with Crippen LogP contribution in [0.2, 0.25) is 0 Å². The molecule has 1 aliphatic rings. The average Bonchev–Trinajstić information content (AvgIpc) is 2.30. The van der Waals surface area contributed by atoms with Gasteiger partial charge in [0.2, 0.25) is 0 Å². The summed E-state index contributed by atoms with van der Waals surface area (Å²) in [6.45, 7) is 8.20. The Labute approximate surface area is 109 Å². The number of aryl methyl sites for hydroxylation is 1. The van der Waals surface area contributed by atoms with Gasteiger partial charge in [0.25, 0.3) is 0 Å². The van der Waals surface area contributed by atoms with Crippen LogP contribution >= 0.6 is 0 Å². The number of anilines is 1. The van der Waals surface area contributed by atoms with Crippen molar-refractivity contribution in [3.63, 3.8) is 0 Å². The van der Waals surface area contributed by atoms with Gasteiger partial charge in [0.15, 0.2) is 0 Å². The third-order valence-electron chi connectivity index (χ3n) is 3.54. The Kier molecular flexibility index (Phi) is 3.58. The molecule has 0 aromatic heterocycles. The molecule has 1 aromatic rings. The van der Waals surface area contributed by atoms with Crippen LogP contribution in [0.25, 0.3) is 0 Å². The topological polar surface area (TPSA) is 45.0 Å². The second-order valence-corrected chi connectivity index (χ2v) is 5.47. The highest BCUT2D eigenvalue weighted by Gasteiger charge is 2.38. The molecule has 1 saturated heterocycles. The smallest absolute Gasteiger partial charge is 0.121 e. The van der Waals surface area contributed by atoms with Crippen molar-refractivity contribution in [2.24, 2.45) is 5.41 Å². The van der Waals surface area contributed by atoms with Crippen molar-refractivity contribution in [2.45, 2.75) is 26.7 Å². The van der Waals surface area contributed by atoms with Gasteiger partial charge >= 0.3 is 0 Å². The van der Waals surface area contributed by atoms with Crippen LogP contribution in [-0.4, -0.2) is 19.8 Å². The molecule has 0 bridgehead atoms. The summed E-state index contributed by atoms with van der Waals surface area (Å²) in [5, 5.41) is 12.6. The van der Waals surface area contributed by atoms with E-state index in [-0.39, 0.29) is 5.41 Å². The standard InChI is InChI=1S/C15H20N2O/c1-11(2)13-5-4-12(3)14(6-13)17-8-15(7-16)9-18-10-15/h4-6,11,17H,8-10H2,1-3H3. The molecule has 1 aromatic carbocycles. The van der Waals surface area contributed by atoms with Crippen LogP contribution in [0, 0.1) is 23.7 Å². The highest BCUT2D eigenvalue weighted by Crippen LogP contribution is 2.28. The highest BCUT2D eigenvalue weighted by molar-refractivity contribution is 5.53. The lowest BCUT2D eigenvalue weighted by Gasteiger charge is -2.35. The predicted octanol–water partition coefficient (Wildman–Crippen LogP) is 3.07. The molecule has 0 amide bonds. The maximum absolute atomic E-state index is 9.16. The van der Waals surface area contributed by atoms with E-state index in [0.29, 0.717) is 25.7 Å². The van der Waals surface area contributed by atoms with Crippen LogP contribution in [0.4, 0.5) is 5.69 Å². The third kappa shape index (κ3) is 2.49. The minimum absolute atomic E-state index is 0.333. The number of benzene rings is 1. The molecule has 1 N–H and O–H groups in total. The van der Waals surface area contributed by atoms with Gasteiger partial charge in [0, 0.05) is 12.2 Å². The molecule has 3 nitrogen and oxygen atoms in total. The minimum atomic E-state index is -0.333. The second-order valence-electron chi connectivity index (χ2n) is 5.47. The van der Waals surface area contributed by atoms with Crippen molar-refractivity contribution in [1.82, 2.24) is 0 Å². The lowest BCUT2D eigenvalue weighted by Crippen LogP contribution is -2.46. The van der Waals surface area contributed by atoms with Gasteiger partial charge in [-0.1, -0.05) is 26.0 Å². The van der Waals surface area contributed by atoms with Gasteiger partial charge in [-0.3, -0.25) is 0 Å². The van der Waals surface area contributed by atoms with E-state index in [9.17, 15) is 0 Å². The van der Waals surface area contributed by atoms with Crippen molar-refractivity contribution in [3.8, 4) is 6.07 Å². The van der Waals surface area contributed by atoms with E-state index >= 15 is 0 Å². The van der Waals surface area contributed by atoms with Crippen molar-refractivity contribution < 1.29 is 4.74 Å². The summed E-state index contributed by atoms with van der Waals surface area (Å²) in [5.74, 6) is 0.517. The molecule has 2 rings (SSSR count). The van der Waals surface area contributed by atoms with Crippen LogP contribution in [0.1, 0.15) is 30.9 Å². The molecule has 0 atom stereocenters. The van der Waals surface area contributed by atoms with E-state index < -0.39 is 0 Å². The molecular formula is C15H20N2O. The molecule has 3 heteroatoms. The summed E-state index contributed by atoms with van der Waals surface area (Å²) in [7, 11) is 0. The highest BCUT2D eigenvalue weighted by atomic mass is 16.5. The van der Waals surface area contributed by atoms with E-state index in [1.54, 1.807) is 0 Å². The molecule has 96 valence electrons. The fraction of sp³-hybridized carbons (Fsp3) is 0.533. The zero-order valence-electron chi connectivity index (χ0n) is 11.3.